The first kappa shape index (κ1) is 11.1. The molecule has 3 rings (SSSR count). The number of benzene rings is 1. The van der Waals surface area contributed by atoms with Gasteiger partial charge in [-0.15, -0.1) is 0 Å². The summed E-state index contributed by atoms with van der Waals surface area (Å²) in [4.78, 5) is 4.29. The molecule has 0 spiro atoms. The molecule has 0 saturated heterocycles. The molecule has 1 fully saturated rings. The summed E-state index contributed by atoms with van der Waals surface area (Å²) in [6.45, 7) is 4.30. The van der Waals surface area contributed by atoms with Crippen molar-refractivity contribution in [2.45, 2.75) is 26.2 Å². The topological polar surface area (TPSA) is 79.4 Å². The van der Waals surface area contributed by atoms with Crippen LogP contribution in [0.5, 0.6) is 11.5 Å². The predicted molar refractivity (Wildman–Crippen MR) is 64.2 cm³/mol. The Balaban J connectivity index is 1.96. The highest BCUT2D eigenvalue weighted by Crippen LogP contribution is 2.57. The third-order valence-corrected chi connectivity index (χ3v) is 3.51. The Labute approximate surface area is 104 Å². The van der Waals surface area contributed by atoms with Crippen LogP contribution in [0.15, 0.2) is 22.7 Å². The zero-order valence-electron chi connectivity index (χ0n) is 10.2. The van der Waals surface area contributed by atoms with Crippen molar-refractivity contribution < 1.29 is 14.7 Å². The summed E-state index contributed by atoms with van der Waals surface area (Å²) in [6.07, 6.45) is 1.04. The van der Waals surface area contributed by atoms with Crippen LogP contribution >= 0.6 is 0 Å². The lowest BCUT2D eigenvalue weighted by molar-refractivity contribution is 0.395. The molecular weight excluding hydrogens is 232 g/mol. The minimum atomic E-state index is -0.234. The van der Waals surface area contributed by atoms with Crippen LogP contribution in [-0.2, 0) is 0 Å². The molecule has 18 heavy (non-hydrogen) atoms. The molecule has 0 bridgehead atoms. The monoisotopic (exact) mass is 246 g/mol. The second-order valence-corrected chi connectivity index (χ2v) is 5.38. The van der Waals surface area contributed by atoms with Crippen LogP contribution in [0, 0.1) is 5.41 Å². The average Bonchev–Trinajstić information content (AvgIpc) is 2.77. The first-order chi connectivity index (χ1) is 8.49. The first-order valence-corrected chi connectivity index (χ1v) is 5.84. The number of aromatic hydroxyl groups is 2. The summed E-state index contributed by atoms with van der Waals surface area (Å²) in [7, 11) is 0. The van der Waals surface area contributed by atoms with Crippen molar-refractivity contribution in [3.8, 4) is 23.0 Å². The van der Waals surface area contributed by atoms with Gasteiger partial charge in [0.25, 0.3) is 5.89 Å². The zero-order chi connectivity index (χ0) is 12.9. The summed E-state index contributed by atoms with van der Waals surface area (Å²) in [5.74, 6) is 0.787. The van der Waals surface area contributed by atoms with Crippen molar-refractivity contribution in [3.05, 3.63) is 24.0 Å². The lowest BCUT2D eigenvalue weighted by Crippen LogP contribution is -1.91. The Morgan fingerprint density at radius 2 is 2.06 bits per heavy atom. The summed E-state index contributed by atoms with van der Waals surface area (Å²) < 4.78 is 5.15. The van der Waals surface area contributed by atoms with Crippen LogP contribution in [0.3, 0.4) is 0 Å². The van der Waals surface area contributed by atoms with Crippen molar-refractivity contribution in [3.63, 3.8) is 0 Å². The normalized spacial score (nSPS) is 20.9. The maximum atomic E-state index is 9.74. The molecule has 94 valence electrons. The third kappa shape index (κ3) is 1.63. The highest BCUT2D eigenvalue weighted by atomic mass is 16.5. The van der Waals surface area contributed by atoms with Crippen LogP contribution in [0.2, 0.25) is 0 Å². The molecule has 1 heterocycles. The van der Waals surface area contributed by atoms with Crippen LogP contribution in [0.25, 0.3) is 11.5 Å². The largest absolute Gasteiger partial charge is 0.504 e. The van der Waals surface area contributed by atoms with Gasteiger partial charge in [0.1, 0.15) is 0 Å². The van der Waals surface area contributed by atoms with E-state index < -0.39 is 0 Å². The van der Waals surface area contributed by atoms with Gasteiger partial charge in [-0.1, -0.05) is 25.1 Å². The van der Waals surface area contributed by atoms with Gasteiger partial charge in [0.05, 0.1) is 5.56 Å². The molecule has 2 aromatic rings. The minimum Gasteiger partial charge on any atom is -0.504 e. The van der Waals surface area contributed by atoms with Crippen LogP contribution in [0.4, 0.5) is 0 Å². The van der Waals surface area contributed by atoms with Gasteiger partial charge in [-0.25, -0.2) is 0 Å². The molecule has 1 unspecified atom stereocenters. The fourth-order valence-corrected chi connectivity index (χ4v) is 2.10. The second-order valence-electron chi connectivity index (χ2n) is 5.38. The summed E-state index contributed by atoms with van der Waals surface area (Å²) in [5.41, 5.74) is 0.578. The van der Waals surface area contributed by atoms with Crippen molar-refractivity contribution in [2.24, 2.45) is 5.41 Å². The quantitative estimate of drug-likeness (QED) is 0.796. The maximum Gasteiger partial charge on any atom is 0.261 e. The van der Waals surface area contributed by atoms with Gasteiger partial charge in [0.2, 0.25) is 0 Å². The molecule has 1 aliphatic carbocycles. The lowest BCUT2D eigenvalue weighted by Gasteiger charge is -2.00. The average molecular weight is 246 g/mol. The number of hydrogen-bond donors (Lipinski definition) is 2. The number of hydrogen-bond acceptors (Lipinski definition) is 5. The Hall–Kier alpha value is -2.04. The van der Waals surface area contributed by atoms with Crippen molar-refractivity contribution in [1.82, 2.24) is 10.1 Å². The first-order valence-electron chi connectivity index (χ1n) is 5.84. The van der Waals surface area contributed by atoms with E-state index in [2.05, 4.69) is 24.0 Å². The maximum absolute atomic E-state index is 9.74. The Bertz CT molecular complexity index is 604. The van der Waals surface area contributed by atoms with E-state index in [4.69, 9.17) is 4.52 Å². The van der Waals surface area contributed by atoms with E-state index in [9.17, 15) is 10.2 Å². The Kier molecular flexibility index (Phi) is 2.14. The Morgan fingerprint density at radius 3 is 2.72 bits per heavy atom. The van der Waals surface area contributed by atoms with Crippen molar-refractivity contribution in [1.29, 1.82) is 0 Å². The van der Waals surface area contributed by atoms with E-state index in [1.54, 1.807) is 12.1 Å². The van der Waals surface area contributed by atoms with Crippen molar-refractivity contribution in [2.75, 3.05) is 0 Å². The number of phenolic OH excluding ortho intramolecular Hbond substituents is 2. The SMILES string of the molecule is CC1(C)CC1c1noc(-c2cccc(O)c2O)n1. The summed E-state index contributed by atoms with van der Waals surface area (Å²) in [6, 6.07) is 4.65. The van der Waals surface area contributed by atoms with E-state index in [0.29, 0.717) is 17.3 Å². The molecule has 1 atom stereocenters. The molecule has 5 heteroatoms. The van der Waals surface area contributed by atoms with Crippen LogP contribution in [0.1, 0.15) is 32.0 Å². The minimum absolute atomic E-state index is 0.195. The fourth-order valence-electron chi connectivity index (χ4n) is 2.10. The zero-order valence-corrected chi connectivity index (χ0v) is 10.2. The number of phenols is 2. The standard InChI is InChI=1S/C13H14N2O3/c1-13(2)6-8(13)11-14-12(18-15-11)7-4-3-5-9(16)10(7)17/h3-5,8,16-17H,6H2,1-2H3. The lowest BCUT2D eigenvalue weighted by atomic mass is 10.1. The molecule has 1 aromatic carbocycles. The van der Waals surface area contributed by atoms with Gasteiger partial charge in [0, 0.05) is 5.92 Å². The van der Waals surface area contributed by atoms with E-state index in [0.717, 1.165) is 6.42 Å². The van der Waals surface area contributed by atoms with Crippen LogP contribution in [-0.4, -0.2) is 20.4 Å². The van der Waals surface area contributed by atoms with Gasteiger partial charge < -0.3 is 14.7 Å². The number of nitrogens with zero attached hydrogens (tertiary/aromatic N) is 2. The number of rotatable bonds is 2. The highest BCUT2D eigenvalue weighted by Gasteiger charge is 2.49. The smallest absolute Gasteiger partial charge is 0.261 e. The van der Waals surface area contributed by atoms with Crippen LogP contribution < -0.4 is 0 Å². The predicted octanol–water partition coefficient (Wildman–Crippen LogP) is 2.66. The third-order valence-electron chi connectivity index (χ3n) is 3.51. The number of aromatic nitrogens is 2. The van der Waals surface area contributed by atoms with E-state index >= 15 is 0 Å². The summed E-state index contributed by atoms with van der Waals surface area (Å²) >= 11 is 0. The van der Waals surface area contributed by atoms with E-state index in [-0.39, 0.29) is 22.8 Å². The van der Waals surface area contributed by atoms with Crippen molar-refractivity contribution >= 4 is 0 Å². The molecule has 5 nitrogen and oxygen atoms in total. The number of para-hydroxylation sites is 1. The molecule has 0 radical (unpaired) electrons. The van der Waals surface area contributed by atoms with Gasteiger partial charge in [-0.2, -0.15) is 4.98 Å². The molecule has 0 amide bonds. The molecular formula is C13H14N2O3. The summed E-state index contributed by atoms with van der Waals surface area (Å²) in [5, 5.41) is 23.1. The highest BCUT2D eigenvalue weighted by molar-refractivity contribution is 5.66. The van der Waals surface area contributed by atoms with Gasteiger partial charge in [-0.3, -0.25) is 0 Å². The molecule has 1 saturated carbocycles. The Morgan fingerprint density at radius 1 is 1.33 bits per heavy atom. The van der Waals surface area contributed by atoms with E-state index in [1.807, 2.05) is 0 Å². The molecule has 2 N–H and O–H groups in total. The van der Waals surface area contributed by atoms with Gasteiger partial charge >= 0.3 is 0 Å². The van der Waals surface area contributed by atoms with Gasteiger partial charge in [0.15, 0.2) is 17.3 Å². The van der Waals surface area contributed by atoms with E-state index in [1.165, 1.54) is 6.07 Å². The fraction of sp³-hybridized carbons (Fsp3) is 0.385. The molecule has 0 aliphatic heterocycles. The second kappa shape index (κ2) is 3.48. The van der Waals surface area contributed by atoms with Gasteiger partial charge in [-0.05, 0) is 24.0 Å². The molecule has 1 aliphatic rings. The molecule has 1 aromatic heterocycles.